The lowest BCUT2D eigenvalue weighted by Gasteiger charge is -2.14. The fourth-order valence-electron chi connectivity index (χ4n) is 1.56. The highest BCUT2D eigenvalue weighted by atomic mass is 16.6. The summed E-state index contributed by atoms with van der Waals surface area (Å²) >= 11 is 0. The van der Waals surface area contributed by atoms with Gasteiger partial charge < -0.3 is 9.47 Å². The van der Waals surface area contributed by atoms with E-state index in [-0.39, 0.29) is 12.5 Å². The number of nitrogens with one attached hydrogen (secondary N) is 1. The third kappa shape index (κ3) is 6.61. The summed E-state index contributed by atoms with van der Waals surface area (Å²) in [4.78, 5) is 23.0. The SMILES string of the molecule is C=C(C)C(=O)OCC(C)OC(=O)NC1=CC(C)C=CC=C1. The van der Waals surface area contributed by atoms with Gasteiger partial charge in [0.05, 0.1) is 0 Å². The molecule has 21 heavy (non-hydrogen) atoms. The van der Waals surface area contributed by atoms with Gasteiger partial charge in [-0.3, -0.25) is 5.32 Å². The van der Waals surface area contributed by atoms with E-state index < -0.39 is 18.2 Å². The monoisotopic (exact) mass is 291 g/mol. The first-order chi connectivity index (χ1) is 9.88. The molecule has 0 saturated heterocycles. The Bertz CT molecular complexity index is 502. The van der Waals surface area contributed by atoms with Crippen molar-refractivity contribution in [1.29, 1.82) is 0 Å². The smallest absolute Gasteiger partial charge is 0.411 e. The standard InChI is InChI=1S/C16H21NO4/c1-11(2)15(18)20-10-13(4)21-16(19)17-14-8-6-5-7-12(3)9-14/h5-9,12-13H,1,10H2,2-4H3,(H,17,19). The van der Waals surface area contributed by atoms with Gasteiger partial charge in [-0.25, -0.2) is 9.59 Å². The summed E-state index contributed by atoms with van der Waals surface area (Å²) in [6, 6.07) is 0. The molecular weight excluding hydrogens is 270 g/mol. The van der Waals surface area contributed by atoms with Crippen LogP contribution in [0.25, 0.3) is 0 Å². The van der Waals surface area contributed by atoms with Gasteiger partial charge in [0.2, 0.25) is 0 Å². The molecule has 1 rings (SSSR count). The zero-order valence-corrected chi connectivity index (χ0v) is 12.6. The number of allylic oxidation sites excluding steroid dienone is 5. The second-order valence-electron chi connectivity index (χ2n) is 4.94. The molecule has 0 heterocycles. The Kier molecular flexibility index (Phi) is 6.46. The quantitative estimate of drug-likeness (QED) is 0.625. The Morgan fingerprint density at radius 3 is 2.81 bits per heavy atom. The zero-order valence-electron chi connectivity index (χ0n) is 12.6. The van der Waals surface area contributed by atoms with Gasteiger partial charge in [-0.1, -0.05) is 37.8 Å². The van der Waals surface area contributed by atoms with Crippen LogP contribution in [0.5, 0.6) is 0 Å². The van der Waals surface area contributed by atoms with E-state index in [1.807, 2.05) is 31.2 Å². The van der Waals surface area contributed by atoms with Gasteiger partial charge in [0.25, 0.3) is 0 Å². The molecule has 5 heteroatoms. The number of ether oxygens (including phenoxy) is 2. The maximum atomic E-state index is 11.7. The van der Waals surface area contributed by atoms with Crippen molar-refractivity contribution in [2.75, 3.05) is 6.61 Å². The van der Waals surface area contributed by atoms with E-state index in [0.717, 1.165) is 0 Å². The number of amides is 1. The minimum atomic E-state index is -0.584. The number of esters is 1. The van der Waals surface area contributed by atoms with Crippen LogP contribution in [0.1, 0.15) is 20.8 Å². The molecule has 0 fully saturated rings. The van der Waals surface area contributed by atoms with E-state index in [0.29, 0.717) is 11.3 Å². The van der Waals surface area contributed by atoms with Crippen LogP contribution < -0.4 is 5.32 Å². The largest absolute Gasteiger partial charge is 0.458 e. The molecule has 1 aliphatic rings. The highest BCUT2D eigenvalue weighted by Crippen LogP contribution is 2.09. The molecular formula is C16H21NO4. The summed E-state index contributed by atoms with van der Waals surface area (Å²) in [7, 11) is 0. The van der Waals surface area contributed by atoms with Crippen molar-refractivity contribution >= 4 is 12.1 Å². The molecule has 0 aliphatic heterocycles. The zero-order chi connectivity index (χ0) is 15.8. The highest BCUT2D eigenvalue weighted by molar-refractivity contribution is 5.86. The normalized spacial score (nSPS) is 18.2. The minimum absolute atomic E-state index is 0.00798. The molecule has 0 aromatic heterocycles. The van der Waals surface area contributed by atoms with Crippen LogP contribution in [0.3, 0.4) is 0 Å². The van der Waals surface area contributed by atoms with Crippen LogP contribution in [0.2, 0.25) is 0 Å². The number of hydrogen-bond acceptors (Lipinski definition) is 4. The molecule has 114 valence electrons. The Balaban J connectivity index is 2.39. The number of hydrogen-bond donors (Lipinski definition) is 1. The molecule has 1 amide bonds. The molecule has 0 bridgehead atoms. The molecule has 0 radical (unpaired) electrons. The van der Waals surface area contributed by atoms with E-state index >= 15 is 0 Å². The molecule has 2 atom stereocenters. The van der Waals surface area contributed by atoms with Gasteiger partial charge >= 0.3 is 12.1 Å². The number of alkyl carbamates (subject to hydrolysis) is 1. The Morgan fingerprint density at radius 2 is 2.14 bits per heavy atom. The van der Waals surface area contributed by atoms with Crippen LogP contribution in [0.4, 0.5) is 4.79 Å². The fourth-order valence-corrected chi connectivity index (χ4v) is 1.56. The predicted molar refractivity (Wildman–Crippen MR) is 80.4 cm³/mol. The van der Waals surface area contributed by atoms with E-state index in [1.54, 1.807) is 19.9 Å². The van der Waals surface area contributed by atoms with Crippen molar-refractivity contribution < 1.29 is 19.1 Å². The van der Waals surface area contributed by atoms with E-state index in [2.05, 4.69) is 11.9 Å². The summed E-state index contributed by atoms with van der Waals surface area (Å²) in [5.74, 6) is -0.274. The summed E-state index contributed by atoms with van der Waals surface area (Å²) in [6.45, 7) is 8.68. The van der Waals surface area contributed by atoms with Crippen molar-refractivity contribution in [1.82, 2.24) is 5.32 Å². The second-order valence-corrected chi connectivity index (χ2v) is 4.94. The first kappa shape index (κ1) is 16.8. The average molecular weight is 291 g/mol. The van der Waals surface area contributed by atoms with Gasteiger partial charge in [-0.15, -0.1) is 0 Å². The summed E-state index contributed by atoms with van der Waals surface area (Å²) in [5.41, 5.74) is 0.977. The topological polar surface area (TPSA) is 64.6 Å². The van der Waals surface area contributed by atoms with Gasteiger partial charge in [-0.2, -0.15) is 0 Å². The lowest BCUT2D eigenvalue weighted by Crippen LogP contribution is -2.29. The van der Waals surface area contributed by atoms with Gasteiger partial charge in [0, 0.05) is 11.3 Å². The van der Waals surface area contributed by atoms with Crippen LogP contribution in [0, 0.1) is 5.92 Å². The van der Waals surface area contributed by atoms with Gasteiger partial charge in [0.15, 0.2) is 0 Å². The number of rotatable bonds is 5. The predicted octanol–water partition coefficient (Wildman–Crippen LogP) is 2.87. The van der Waals surface area contributed by atoms with Gasteiger partial charge in [0.1, 0.15) is 12.7 Å². The first-order valence-electron chi connectivity index (χ1n) is 6.75. The molecule has 0 aromatic rings. The molecule has 0 saturated carbocycles. The van der Waals surface area contributed by atoms with Crippen LogP contribution >= 0.6 is 0 Å². The fraction of sp³-hybridized carbons (Fsp3) is 0.375. The Hall–Kier alpha value is -2.30. The van der Waals surface area contributed by atoms with Crippen LogP contribution in [-0.4, -0.2) is 24.8 Å². The molecule has 0 aromatic carbocycles. The first-order valence-corrected chi connectivity index (χ1v) is 6.75. The van der Waals surface area contributed by atoms with Crippen LogP contribution in [-0.2, 0) is 14.3 Å². The molecule has 0 spiro atoms. The summed E-state index contributed by atoms with van der Waals surface area (Å²) in [6.07, 6.45) is 8.34. The summed E-state index contributed by atoms with van der Waals surface area (Å²) < 4.78 is 10.0. The van der Waals surface area contributed by atoms with E-state index in [9.17, 15) is 9.59 Å². The highest BCUT2D eigenvalue weighted by Gasteiger charge is 2.13. The third-order valence-electron chi connectivity index (χ3n) is 2.60. The maximum Gasteiger partial charge on any atom is 0.411 e. The Labute approximate surface area is 125 Å². The van der Waals surface area contributed by atoms with Crippen LogP contribution in [0.15, 0.2) is 48.2 Å². The number of carbonyl (C=O) groups is 2. The second kappa shape index (κ2) is 8.09. The molecule has 1 N–H and O–H groups in total. The molecule has 1 aliphatic carbocycles. The van der Waals surface area contributed by atoms with Crippen molar-refractivity contribution in [3.8, 4) is 0 Å². The third-order valence-corrected chi connectivity index (χ3v) is 2.60. The lowest BCUT2D eigenvalue weighted by molar-refractivity contribution is -0.141. The van der Waals surface area contributed by atoms with E-state index in [1.165, 1.54) is 0 Å². The molecule has 5 nitrogen and oxygen atoms in total. The lowest BCUT2D eigenvalue weighted by atomic mass is 10.1. The maximum absolute atomic E-state index is 11.7. The minimum Gasteiger partial charge on any atom is -0.458 e. The van der Waals surface area contributed by atoms with E-state index in [4.69, 9.17) is 9.47 Å². The van der Waals surface area contributed by atoms with Crippen molar-refractivity contribution in [3.63, 3.8) is 0 Å². The number of carbonyl (C=O) groups excluding carboxylic acids is 2. The van der Waals surface area contributed by atoms with Crippen molar-refractivity contribution in [2.45, 2.75) is 26.9 Å². The average Bonchev–Trinajstić information content (AvgIpc) is 2.59. The Morgan fingerprint density at radius 1 is 1.43 bits per heavy atom. The van der Waals surface area contributed by atoms with Crippen molar-refractivity contribution in [3.05, 3.63) is 48.2 Å². The molecule has 2 unspecified atom stereocenters. The van der Waals surface area contributed by atoms with Crippen molar-refractivity contribution in [2.24, 2.45) is 5.92 Å². The van der Waals surface area contributed by atoms with Gasteiger partial charge in [-0.05, 0) is 25.8 Å². The summed E-state index contributed by atoms with van der Waals surface area (Å²) in [5, 5.41) is 2.65.